The molecule has 1 unspecified atom stereocenters. The second-order valence-electron chi connectivity index (χ2n) is 4.09. The van der Waals surface area contributed by atoms with E-state index in [1.54, 1.807) is 0 Å². The molecule has 1 aromatic rings. The summed E-state index contributed by atoms with van der Waals surface area (Å²) in [5.74, 6) is 6.97. The van der Waals surface area contributed by atoms with Crippen molar-refractivity contribution in [3.05, 3.63) is 11.9 Å². The molecule has 0 radical (unpaired) electrons. The summed E-state index contributed by atoms with van der Waals surface area (Å²) in [6.07, 6.45) is 3.54. The minimum atomic E-state index is 0.147. The second kappa shape index (κ2) is 7.84. The average molecular weight is 253 g/mol. The van der Waals surface area contributed by atoms with E-state index < -0.39 is 0 Å². The van der Waals surface area contributed by atoms with Crippen LogP contribution >= 0.6 is 0 Å². The summed E-state index contributed by atoms with van der Waals surface area (Å²) in [6, 6.07) is 0. The number of aromatic nitrogens is 2. The van der Waals surface area contributed by atoms with Crippen LogP contribution in [0.25, 0.3) is 0 Å². The molecule has 0 fully saturated rings. The van der Waals surface area contributed by atoms with E-state index >= 15 is 0 Å². The molecule has 0 saturated carbocycles. The van der Waals surface area contributed by atoms with Crippen LogP contribution in [0, 0.1) is 0 Å². The van der Waals surface area contributed by atoms with Crippen molar-refractivity contribution in [3.8, 4) is 0 Å². The van der Waals surface area contributed by atoms with Crippen LogP contribution in [-0.2, 0) is 11.2 Å². The van der Waals surface area contributed by atoms with Crippen LogP contribution in [0.3, 0.4) is 0 Å². The van der Waals surface area contributed by atoms with E-state index in [-0.39, 0.29) is 6.10 Å². The van der Waals surface area contributed by atoms with Gasteiger partial charge in [-0.05, 0) is 20.3 Å². The van der Waals surface area contributed by atoms with Crippen molar-refractivity contribution in [1.82, 2.24) is 9.97 Å². The number of nitrogens with zero attached hydrogens (tertiary/aromatic N) is 2. The second-order valence-corrected chi connectivity index (χ2v) is 4.09. The van der Waals surface area contributed by atoms with Gasteiger partial charge in [-0.2, -0.15) is 0 Å². The first-order valence-electron chi connectivity index (χ1n) is 6.38. The lowest BCUT2D eigenvalue weighted by Gasteiger charge is -2.16. The Hall–Kier alpha value is -1.40. The van der Waals surface area contributed by atoms with Crippen molar-refractivity contribution < 1.29 is 4.74 Å². The standard InChI is InChI=1S/C12H23N5O/c1-4-6-10-11(14-7-9(3)18-5-2)15-8-16-12(10)17-13/h8-9H,4-7,13H2,1-3H3,(H2,14,15,16,17). The summed E-state index contributed by atoms with van der Waals surface area (Å²) < 4.78 is 5.47. The minimum Gasteiger partial charge on any atom is -0.377 e. The van der Waals surface area contributed by atoms with Crippen LogP contribution in [0.2, 0.25) is 0 Å². The van der Waals surface area contributed by atoms with Crippen LogP contribution in [0.1, 0.15) is 32.8 Å². The first kappa shape index (κ1) is 14.7. The zero-order valence-corrected chi connectivity index (χ0v) is 11.4. The van der Waals surface area contributed by atoms with Crippen molar-refractivity contribution in [2.45, 2.75) is 39.7 Å². The number of rotatable bonds is 8. The third kappa shape index (κ3) is 4.12. The Bertz CT molecular complexity index is 358. The van der Waals surface area contributed by atoms with Gasteiger partial charge in [-0.25, -0.2) is 15.8 Å². The van der Waals surface area contributed by atoms with Gasteiger partial charge in [0.05, 0.1) is 6.10 Å². The van der Waals surface area contributed by atoms with Crippen LogP contribution < -0.4 is 16.6 Å². The Morgan fingerprint density at radius 1 is 1.33 bits per heavy atom. The molecular formula is C12H23N5O. The van der Waals surface area contributed by atoms with E-state index in [4.69, 9.17) is 10.6 Å². The van der Waals surface area contributed by atoms with Gasteiger partial charge in [0, 0.05) is 18.7 Å². The van der Waals surface area contributed by atoms with Gasteiger partial charge < -0.3 is 15.5 Å². The summed E-state index contributed by atoms with van der Waals surface area (Å²) in [6.45, 7) is 7.55. The number of nitrogens with one attached hydrogen (secondary N) is 2. The average Bonchev–Trinajstić information content (AvgIpc) is 2.38. The third-order valence-corrected chi connectivity index (χ3v) is 2.59. The maximum atomic E-state index is 5.47. The largest absolute Gasteiger partial charge is 0.377 e. The van der Waals surface area contributed by atoms with E-state index in [0.717, 1.165) is 24.2 Å². The van der Waals surface area contributed by atoms with E-state index in [1.807, 2.05) is 13.8 Å². The molecule has 0 saturated heterocycles. The molecule has 0 aliphatic heterocycles. The Morgan fingerprint density at radius 2 is 2.06 bits per heavy atom. The van der Waals surface area contributed by atoms with E-state index in [1.165, 1.54) is 6.33 Å². The molecule has 1 atom stereocenters. The molecule has 1 rings (SSSR count). The monoisotopic (exact) mass is 253 g/mol. The molecule has 0 aliphatic carbocycles. The molecule has 1 heterocycles. The zero-order chi connectivity index (χ0) is 13.4. The molecule has 0 amide bonds. The molecule has 6 nitrogen and oxygen atoms in total. The maximum absolute atomic E-state index is 5.47. The molecule has 18 heavy (non-hydrogen) atoms. The van der Waals surface area contributed by atoms with Gasteiger partial charge in [0.25, 0.3) is 0 Å². The zero-order valence-electron chi connectivity index (χ0n) is 11.4. The topological polar surface area (TPSA) is 85.1 Å². The van der Waals surface area contributed by atoms with E-state index in [0.29, 0.717) is 19.0 Å². The highest BCUT2D eigenvalue weighted by Crippen LogP contribution is 2.20. The number of hydrazine groups is 1. The van der Waals surface area contributed by atoms with Crippen molar-refractivity contribution in [1.29, 1.82) is 0 Å². The highest BCUT2D eigenvalue weighted by atomic mass is 16.5. The normalized spacial score (nSPS) is 12.2. The molecule has 0 aliphatic rings. The highest BCUT2D eigenvalue weighted by Gasteiger charge is 2.10. The molecule has 0 aromatic carbocycles. The number of nitrogens with two attached hydrogens (primary N) is 1. The number of hydrogen-bond donors (Lipinski definition) is 3. The Kier molecular flexibility index (Phi) is 6.38. The summed E-state index contributed by atoms with van der Waals surface area (Å²) in [7, 11) is 0. The smallest absolute Gasteiger partial charge is 0.148 e. The van der Waals surface area contributed by atoms with Gasteiger partial charge in [-0.15, -0.1) is 0 Å². The van der Waals surface area contributed by atoms with Gasteiger partial charge >= 0.3 is 0 Å². The Morgan fingerprint density at radius 3 is 2.67 bits per heavy atom. The van der Waals surface area contributed by atoms with E-state index in [9.17, 15) is 0 Å². The number of ether oxygens (including phenoxy) is 1. The Labute approximate surface area is 108 Å². The van der Waals surface area contributed by atoms with Crippen molar-refractivity contribution in [3.63, 3.8) is 0 Å². The fourth-order valence-corrected chi connectivity index (χ4v) is 1.76. The summed E-state index contributed by atoms with van der Waals surface area (Å²) in [5.41, 5.74) is 3.63. The van der Waals surface area contributed by atoms with Crippen molar-refractivity contribution in [2.24, 2.45) is 5.84 Å². The number of anilines is 2. The fourth-order valence-electron chi connectivity index (χ4n) is 1.76. The summed E-state index contributed by atoms with van der Waals surface area (Å²) in [4.78, 5) is 8.39. The third-order valence-electron chi connectivity index (χ3n) is 2.59. The fraction of sp³-hybridized carbons (Fsp3) is 0.667. The number of nitrogen functional groups attached to an aromatic ring is 1. The SMILES string of the molecule is CCCc1c(NN)ncnc1NCC(C)OCC. The highest BCUT2D eigenvalue weighted by molar-refractivity contribution is 5.56. The van der Waals surface area contributed by atoms with Gasteiger partial charge in [0.15, 0.2) is 0 Å². The quantitative estimate of drug-likeness (QED) is 0.481. The van der Waals surface area contributed by atoms with Gasteiger partial charge in [0.2, 0.25) is 0 Å². The molecular weight excluding hydrogens is 230 g/mol. The maximum Gasteiger partial charge on any atom is 0.148 e. The van der Waals surface area contributed by atoms with Crippen LogP contribution in [0.5, 0.6) is 0 Å². The lowest BCUT2D eigenvalue weighted by atomic mass is 10.1. The summed E-state index contributed by atoms with van der Waals surface area (Å²) in [5, 5.41) is 3.29. The van der Waals surface area contributed by atoms with E-state index in [2.05, 4.69) is 27.6 Å². The van der Waals surface area contributed by atoms with Crippen molar-refractivity contribution in [2.75, 3.05) is 23.9 Å². The summed E-state index contributed by atoms with van der Waals surface area (Å²) >= 11 is 0. The predicted molar refractivity (Wildman–Crippen MR) is 73.4 cm³/mol. The minimum absolute atomic E-state index is 0.147. The van der Waals surface area contributed by atoms with Gasteiger partial charge in [-0.1, -0.05) is 13.3 Å². The first-order chi connectivity index (χ1) is 8.72. The predicted octanol–water partition coefficient (Wildman–Crippen LogP) is 1.55. The van der Waals surface area contributed by atoms with Crippen LogP contribution in [0.4, 0.5) is 11.6 Å². The first-order valence-corrected chi connectivity index (χ1v) is 6.38. The Balaban J connectivity index is 2.74. The molecule has 102 valence electrons. The number of hydrogen-bond acceptors (Lipinski definition) is 6. The molecule has 1 aromatic heterocycles. The van der Waals surface area contributed by atoms with Crippen LogP contribution in [0.15, 0.2) is 6.33 Å². The van der Waals surface area contributed by atoms with Crippen LogP contribution in [-0.4, -0.2) is 29.2 Å². The molecule has 0 spiro atoms. The van der Waals surface area contributed by atoms with Crippen molar-refractivity contribution >= 4 is 11.6 Å². The van der Waals surface area contributed by atoms with Gasteiger partial charge in [-0.3, -0.25) is 0 Å². The molecule has 6 heteroatoms. The molecule has 4 N–H and O–H groups in total. The molecule has 0 bridgehead atoms. The lowest BCUT2D eigenvalue weighted by Crippen LogP contribution is -2.22. The van der Waals surface area contributed by atoms with Gasteiger partial charge in [0.1, 0.15) is 18.0 Å². The lowest BCUT2D eigenvalue weighted by molar-refractivity contribution is 0.0854.